The SMILES string of the molecule is C=C(CC(=O)O)C(=O)O.C=CC(=O)O.C=CC(=O)OC.O=C(O)C=CC(=O)O. The molecule has 0 aliphatic carbocycles. The minimum absolute atomic E-state index is 0.303. The van der Waals surface area contributed by atoms with Gasteiger partial charge in [0.05, 0.1) is 13.5 Å². The van der Waals surface area contributed by atoms with E-state index in [0.29, 0.717) is 12.2 Å². The molecule has 0 aliphatic heterocycles. The molecule has 0 atom stereocenters. The van der Waals surface area contributed by atoms with Gasteiger partial charge in [-0.3, -0.25) is 4.79 Å². The van der Waals surface area contributed by atoms with Gasteiger partial charge in [0.1, 0.15) is 0 Å². The Labute approximate surface area is 159 Å². The van der Waals surface area contributed by atoms with E-state index in [0.717, 1.165) is 12.2 Å². The average Bonchev–Trinajstić information content (AvgIpc) is 2.60. The van der Waals surface area contributed by atoms with Crippen molar-refractivity contribution in [1.82, 2.24) is 0 Å². The van der Waals surface area contributed by atoms with E-state index in [9.17, 15) is 28.8 Å². The Hall–Kier alpha value is -4.22. The lowest BCUT2D eigenvalue weighted by molar-refractivity contribution is -0.139. The summed E-state index contributed by atoms with van der Waals surface area (Å²) in [5.41, 5.74) is -0.303. The second kappa shape index (κ2) is 20.8. The lowest BCUT2D eigenvalue weighted by atomic mass is 10.2. The zero-order valence-electron chi connectivity index (χ0n) is 14.7. The van der Waals surface area contributed by atoms with Crippen molar-refractivity contribution in [2.45, 2.75) is 6.42 Å². The molecule has 0 aromatic carbocycles. The number of carboxylic acids is 5. The van der Waals surface area contributed by atoms with Crippen molar-refractivity contribution in [3.63, 3.8) is 0 Å². The first-order valence-corrected chi connectivity index (χ1v) is 6.57. The first kappa shape index (κ1) is 31.5. The summed E-state index contributed by atoms with van der Waals surface area (Å²) < 4.78 is 4.14. The number of hydrogen-bond acceptors (Lipinski definition) is 7. The number of esters is 1. The summed E-state index contributed by atoms with van der Waals surface area (Å²) in [6, 6.07) is 0. The van der Waals surface area contributed by atoms with Crippen molar-refractivity contribution < 1.29 is 59.0 Å². The van der Waals surface area contributed by atoms with Crippen molar-refractivity contribution in [3.05, 3.63) is 49.6 Å². The molecule has 5 N–H and O–H groups in total. The number of carbonyl (C=O) groups excluding carboxylic acids is 1. The van der Waals surface area contributed by atoms with Crippen LogP contribution in [0.3, 0.4) is 0 Å². The topological polar surface area (TPSA) is 213 Å². The van der Waals surface area contributed by atoms with Crippen molar-refractivity contribution in [2.75, 3.05) is 7.11 Å². The largest absolute Gasteiger partial charge is 0.481 e. The summed E-state index contributed by atoms with van der Waals surface area (Å²) >= 11 is 0. The predicted octanol–water partition coefficient (Wildman–Crippen LogP) is 0.416. The molecule has 0 amide bonds. The monoisotopic (exact) mass is 404 g/mol. The molecular formula is C16H20O12. The number of hydrogen-bond donors (Lipinski definition) is 5. The lowest BCUT2D eigenvalue weighted by Gasteiger charge is -1.91. The van der Waals surface area contributed by atoms with Gasteiger partial charge in [-0.2, -0.15) is 0 Å². The highest BCUT2D eigenvalue weighted by atomic mass is 16.5. The Morgan fingerprint density at radius 3 is 1.21 bits per heavy atom. The zero-order valence-corrected chi connectivity index (χ0v) is 14.7. The van der Waals surface area contributed by atoms with Crippen molar-refractivity contribution in [2.24, 2.45) is 0 Å². The first-order chi connectivity index (χ1) is 12.7. The van der Waals surface area contributed by atoms with Crippen LogP contribution in [-0.4, -0.2) is 68.5 Å². The van der Waals surface area contributed by atoms with E-state index in [2.05, 4.69) is 24.5 Å². The molecule has 12 nitrogen and oxygen atoms in total. The average molecular weight is 404 g/mol. The Balaban J connectivity index is -0.000000141. The van der Waals surface area contributed by atoms with E-state index in [-0.39, 0.29) is 5.57 Å². The molecule has 0 rings (SSSR count). The molecule has 0 bridgehead atoms. The summed E-state index contributed by atoms with van der Waals surface area (Å²) in [7, 11) is 1.31. The van der Waals surface area contributed by atoms with E-state index in [4.69, 9.17) is 25.5 Å². The minimum Gasteiger partial charge on any atom is -0.481 e. The van der Waals surface area contributed by atoms with E-state index in [1.54, 1.807) is 0 Å². The number of carbonyl (C=O) groups is 6. The van der Waals surface area contributed by atoms with Gasteiger partial charge in [-0.1, -0.05) is 19.7 Å². The normalized spacial score (nSPS) is 8.04. The summed E-state index contributed by atoms with van der Waals surface area (Å²) in [6.07, 6.45) is 2.56. The smallest absolute Gasteiger partial charge is 0.331 e. The quantitative estimate of drug-likeness (QED) is 0.288. The minimum atomic E-state index is -1.27. The molecule has 0 unspecified atom stereocenters. The standard InChI is InChI=1S/C5H6O4.C4H4O4.C4H6O2.C3H4O2/c1-3(5(8)9)2-4(6)7;5-3(6)1-2-4(7)8;1-3-4(5)6-2;1-2-3(4)5/h1-2H2,(H,6,7)(H,8,9);1-2H,(H,5,6)(H,7,8);3H,1H2,2H3;2H,1H2,(H,4,5). The molecule has 0 aliphatic rings. The Bertz CT molecular complexity index is 612. The van der Waals surface area contributed by atoms with Gasteiger partial charge in [0.15, 0.2) is 0 Å². The van der Waals surface area contributed by atoms with Gasteiger partial charge in [-0.05, 0) is 0 Å². The van der Waals surface area contributed by atoms with Gasteiger partial charge >= 0.3 is 35.8 Å². The molecule has 0 saturated heterocycles. The summed E-state index contributed by atoms with van der Waals surface area (Å²) in [5.74, 6) is -6.33. The zero-order chi connectivity index (χ0) is 23.3. The maximum absolute atomic E-state index is 9.87. The van der Waals surface area contributed by atoms with Crippen LogP contribution in [0.25, 0.3) is 0 Å². The van der Waals surface area contributed by atoms with Crippen LogP contribution in [-0.2, 0) is 33.5 Å². The summed E-state index contributed by atoms with van der Waals surface area (Å²) in [5, 5.41) is 39.3. The van der Waals surface area contributed by atoms with Crippen LogP contribution in [0.5, 0.6) is 0 Å². The lowest BCUT2D eigenvalue weighted by Crippen LogP contribution is -2.04. The Kier molecular flexibility index (Phi) is 23.5. The molecular weight excluding hydrogens is 384 g/mol. The van der Waals surface area contributed by atoms with Crippen LogP contribution in [0.1, 0.15) is 6.42 Å². The molecule has 0 fully saturated rings. The van der Waals surface area contributed by atoms with Crippen LogP contribution in [0.15, 0.2) is 49.6 Å². The molecule has 0 aromatic rings. The number of methoxy groups -OCH3 is 1. The van der Waals surface area contributed by atoms with Gasteiger partial charge < -0.3 is 30.3 Å². The van der Waals surface area contributed by atoms with Crippen LogP contribution in [0.2, 0.25) is 0 Å². The summed E-state index contributed by atoms with van der Waals surface area (Å²) in [4.78, 5) is 57.9. The number of carboxylic acid groups (broad SMARTS) is 5. The highest BCUT2D eigenvalue weighted by Gasteiger charge is 2.07. The third-order valence-electron chi connectivity index (χ3n) is 1.58. The maximum atomic E-state index is 9.87. The molecule has 0 spiro atoms. The van der Waals surface area contributed by atoms with Gasteiger partial charge in [0.25, 0.3) is 0 Å². The molecule has 0 saturated carbocycles. The second-order valence-corrected chi connectivity index (χ2v) is 3.76. The molecule has 156 valence electrons. The maximum Gasteiger partial charge on any atom is 0.331 e. The number of ether oxygens (including phenoxy) is 1. The van der Waals surface area contributed by atoms with Crippen molar-refractivity contribution in [1.29, 1.82) is 0 Å². The van der Waals surface area contributed by atoms with E-state index < -0.39 is 42.2 Å². The highest BCUT2D eigenvalue weighted by Crippen LogP contribution is 1.95. The van der Waals surface area contributed by atoms with Gasteiger partial charge in [-0.25, -0.2) is 24.0 Å². The van der Waals surface area contributed by atoms with Gasteiger partial charge in [0.2, 0.25) is 0 Å². The Morgan fingerprint density at radius 1 is 0.786 bits per heavy atom. The van der Waals surface area contributed by atoms with Crippen molar-refractivity contribution in [3.8, 4) is 0 Å². The van der Waals surface area contributed by atoms with Crippen molar-refractivity contribution >= 4 is 35.8 Å². The number of aliphatic carboxylic acids is 5. The first-order valence-electron chi connectivity index (χ1n) is 6.57. The van der Waals surface area contributed by atoms with Crippen LogP contribution in [0.4, 0.5) is 0 Å². The van der Waals surface area contributed by atoms with Crippen LogP contribution < -0.4 is 0 Å². The third-order valence-corrected chi connectivity index (χ3v) is 1.58. The third kappa shape index (κ3) is 43.1. The molecule has 0 heterocycles. The predicted molar refractivity (Wildman–Crippen MR) is 93.5 cm³/mol. The molecule has 0 aromatic heterocycles. The Morgan fingerprint density at radius 2 is 1.14 bits per heavy atom. The van der Waals surface area contributed by atoms with E-state index >= 15 is 0 Å². The molecule has 28 heavy (non-hydrogen) atoms. The van der Waals surface area contributed by atoms with Crippen LogP contribution in [0, 0.1) is 0 Å². The molecule has 0 radical (unpaired) electrons. The molecule has 12 heteroatoms. The summed E-state index contributed by atoms with van der Waals surface area (Å²) in [6.45, 7) is 9.13. The highest BCUT2D eigenvalue weighted by molar-refractivity contribution is 5.91. The fourth-order valence-electron chi connectivity index (χ4n) is 0.484. The second-order valence-electron chi connectivity index (χ2n) is 3.76. The van der Waals surface area contributed by atoms with E-state index in [1.165, 1.54) is 7.11 Å². The van der Waals surface area contributed by atoms with Gasteiger partial charge in [0, 0.05) is 29.9 Å². The fourth-order valence-corrected chi connectivity index (χ4v) is 0.484. The van der Waals surface area contributed by atoms with Gasteiger partial charge in [-0.15, -0.1) is 0 Å². The van der Waals surface area contributed by atoms with E-state index in [1.807, 2.05) is 0 Å². The van der Waals surface area contributed by atoms with Crippen LogP contribution >= 0.6 is 0 Å². The number of rotatable bonds is 7. The fraction of sp³-hybridized carbons (Fsp3) is 0.125.